The third kappa shape index (κ3) is 2.30. The van der Waals surface area contributed by atoms with Crippen LogP contribution in [0.25, 0.3) is 10.9 Å². The van der Waals surface area contributed by atoms with Gasteiger partial charge < -0.3 is 4.90 Å². The number of amides is 1. The highest BCUT2D eigenvalue weighted by Gasteiger charge is 2.37. The molecule has 1 aliphatic rings. The van der Waals surface area contributed by atoms with Gasteiger partial charge in [0.2, 0.25) is 0 Å². The van der Waals surface area contributed by atoms with Gasteiger partial charge in [0.15, 0.2) is 0 Å². The first-order chi connectivity index (χ1) is 12.8. The number of aromatic amines is 1. The number of hydrogen-bond acceptors (Lipinski definition) is 2. The normalized spacial score (nSPS) is 16.2. The van der Waals surface area contributed by atoms with Crippen molar-refractivity contribution in [3.05, 3.63) is 101 Å². The summed E-state index contributed by atoms with van der Waals surface area (Å²) < 4.78 is 0. The van der Waals surface area contributed by atoms with Gasteiger partial charge >= 0.3 is 0 Å². The van der Waals surface area contributed by atoms with Gasteiger partial charge in [-0.15, -0.1) is 0 Å². The van der Waals surface area contributed by atoms with Gasteiger partial charge in [-0.1, -0.05) is 54.6 Å². The molecule has 3 aromatic carbocycles. The highest BCUT2D eigenvalue weighted by Crippen LogP contribution is 2.39. The molecule has 1 atom stereocenters. The molecule has 2 heterocycles. The molecule has 4 heteroatoms. The van der Waals surface area contributed by atoms with E-state index in [9.17, 15) is 4.79 Å². The first-order valence-corrected chi connectivity index (χ1v) is 8.68. The molecule has 26 heavy (non-hydrogen) atoms. The Morgan fingerprint density at radius 2 is 1.77 bits per heavy atom. The van der Waals surface area contributed by atoms with Crippen molar-refractivity contribution in [2.45, 2.75) is 12.6 Å². The van der Waals surface area contributed by atoms with Crippen LogP contribution in [0.1, 0.15) is 33.1 Å². The number of benzene rings is 3. The molecule has 0 radical (unpaired) electrons. The van der Waals surface area contributed by atoms with E-state index in [-0.39, 0.29) is 11.9 Å². The first-order valence-electron chi connectivity index (χ1n) is 8.68. The van der Waals surface area contributed by atoms with Crippen LogP contribution in [0, 0.1) is 0 Å². The molecule has 4 aromatic rings. The third-order valence-corrected chi connectivity index (χ3v) is 5.03. The van der Waals surface area contributed by atoms with Crippen molar-refractivity contribution in [2.24, 2.45) is 0 Å². The average molecular weight is 339 g/mol. The predicted octanol–water partition coefficient (Wildman–Crippen LogP) is 4.31. The minimum atomic E-state index is -0.0850. The first kappa shape index (κ1) is 14.9. The molecule has 1 N–H and O–H groups in total. The molecular weight excluding hydrogens is 322 g/mol. The number of rotatable bonds is 3. The number of nitrogens with one attached hydrogen (secondary N) is 1. The lowest BCUT2D eigenvalue weighted by atomic mass is 9.97. The zero-order valence-electron chi connectivity index (χ0n) is 14.1. The Balaban J connectivity index is 1.63. The van der Waals surface area contributed by atoms with Crippen molar-refractivity contribution in [3.8, 4) is 0 Å². The fourth-order valence-corrected chi connectivity index (χ4v) is 3.80. The van der Waals surface area contributed by atoms with Crippen LogP contribution in [-0.4, -0.2) is 21.0 Å². The molecule has 0 fully saturated rings. The molecule has 1 aliphatic heterocycles. The Kier molecular flexibility index (Phi) is 3.35. The van der Waals surface area contributed by atoms with Crippen LogP contribution in [0.15, 0.2) is 79.0 Å². The lowest BCUT2D eigenvalue weighted by Crippen LogP contribution is -2.28. The Labute approximate surface area is 151 Å². The molecule has 1 aromatic heterocycles. The van der Waals surface area contributed by atoms with Crippen LogP contribution >= 0.6 is 0 Å². The van der Waals surface area contributed by atoms with Gasteiger partial charge in [0.25, 0.3) is 5.91 Å². The van der Waals surface area contributed by atoms with Crippen LogP contribution in [-0.2, 0) is 6.54 Å². The number of fused-ring (bicyclic) bond motifs is 2. The summed E-state index contributed by atoms with van der Waals surface area (Å²) in [5, 5.41) is 8.15. The standard InChI is InChI=1S/C22H17N3O/c26-22-19-9-5-4-8-18(19)21(25(22)14-15-6-2-1-3-7-15)16-10-11-20-17(12-16)13-23-24-20/h1-13,21H,14H2,(H,23,24). The summed E-state index contributed by atoms with van der Waals surface area (Å²) >= 11 is 0. The van der Waals surface area contributed by atoms with Gasteiger partial charge in [-0.25, -0.2) is 0 Å². The Morgan fingerprint density at radius 1 is 0.962 bits per heavy atom. The second-order valence-corrected chi connectivity index (χ2v) is 6.63. The zero-order valence-corrected chi connectivity index (χ0v) is 14.1. The lowest BCUT2D eigenvalue weighted by Gasteiger charge is -2.26. The zero-order chi connectivity index (χ0) is 17.5. The van der Waals surface area contributed by atoms with Crippen molar-refractivity contribution >= 4 is 16.8 Å². The van der Waals surface area contributed by atoms with E-state index in [1.807, 2.05) is 53.6 Å². The van der Waals surface area contributed by atoms with E-state index in [1.54, 1.807) is 0 Å². The van der Waals surface area contributed by atoms with Crippen molar-refractivity contribution in [1.29, 1.82) is 0 Å². The largest absolute Gasteiger partial charge is 0.323 e. The summed E-state index contributed by atoms with van der Waals surface area (Å²) in [6.45, 7) is 0.586. The highest BCUT2D eigenvalue weighted by atomic mass is 16.2. The maximum atomic E-state index is 13.1. The number of aromatic nitrogens is 2. The molecule has 1 unspecified atom stereocenters. The summed E-state index contributed by atoms with van der Waals surface area (Å²) in [6, 6.07) is 24.2. The smallest absolute Gasteiger partial charge is 0.255 e. The molecular formula is C22H17N3O. The Hall–Kier alpha value is -3.40. The van der Waals surface area contributed by atoms with Gasteiger partial charge in [0.05, 0.1) is 17.8 Å². The van der Waals surface area contributed by atoms with E-state index in [1.165, 1.54) is 0 Å². The predicted molar refractivity (Wildman–Crippen MR) is 101 cm³/mol. The number of nitrogens with zero attached hydrogens (tertiary/aromatic N) is 2. The van der Waals surface area contributed by atoms with Crippen molar-refractivity contribution < 1.29 is 4.79 Å². The van der Waals surface area contributed by atoms with Gasteiger partial charge in [0.1, 0.15) is 0 Å². The quantitative estimate of drug-likeness (QED) is 0.605. The fraction of sp³-hybridized carbons (Fsp3) is 0.0909. The summed E-state index contributed by atoms with van der Waals surface area (Å²) in [6.07, 6.45) is 1.82. The molecule has 5 rings (SSSR count). The van der Waals surface area contributed by atoms with E-state index in [0.717, 1.165) is 33.2 Å². The van der Waals surface area contributed by atoms with Crippen LogP contribution in [0.4, 0.5) is 0 Å². The van der Waals surface area contributed by atoms with E-state index in [2.05, 4.69) is 40.5 Å². The van der Waals surface area contributed by atoms with Gasteiger partial charge in [-0.2, -0.15) is 5.10 Å². The summed E-state index contributed by atoms with van der Waals surface area (Å²) in [5.74, 6) is 0.0849. The molecule has 0 spiro atoms. The molecule has 126 valence electrons. The van der Waals surface area contributed by atoms with Crippen molar-refractivity contribution in [2.75, 3.05) is 0 Å². The van der Waals surface area contributed by atoms with E-state index in [4.69, 9.17) is 0 Å². The fourth-order valence-electron chi connectivity index (χ4n) is 3.80. The summed E-state index contributed by atoms with van der Waals surface area (Å²) in [4.78, 5) is 15.1. The number of hydrogen-bond donors (Lipinski definition) is 1. The third-order valence-electron chi connectivity index (χ3n) is 5.03. The van der Waals surface area contributed by atoms with Gasteiger partial charge in [-0.3, -0.25) is 9.89 Å². The minimum Gasteiger partial charge on any atom is -0.323 e. The summed E-state index contributed by atoms with van der Waals surface area (Å²) in [5.41, 5.74) is 5.09. The maximum absolute atomic E-state index is 13.1. The molecule has 0 saturated carbocycles. The SMILES string of the molecule is O=C1c2ccccc2C(c2ccc3[nH]ncc3c2)N1Cc1ccccc1. The number of carbonyl (C=O) groups excluding carboxylic acids is 1. The van der Waals surface area contributed by atoms with Crippen LogP contribution in [0.2, 0.25) is 0 Å². The summed E-state index contributed by atoms with van der Waals surface area (Å²) in [7, 11) is 0. The van der Waals surface area contributed by atoms with Crippen LogP contribution < -0.4 is 0 Å². The van der Waals surface area contributed by atoms with Gasteiger partial charge in [0, 0.05) is 17.5 Å². The number of carbonyl (C=O) groups is 1. The molecule has 0 saturated heterocycles. The molecule has 0 aliphatic carbocycles. The maximum Gasteiger partial charge on any atom is 0.255 e. The van der Waals surface area contributed by atoms with E-state index in [0.29, 0.717) is 6.54 Å². The minimum absolute atomic E-state index is 0.0849. The van der Waals surface area contributed by atoms with E-state index < -0.39 is 0 Å². The second-order valence-electron chi connectivity index (χ2n) is 6.63. The van der Waals surface area contributed by atoms with E-state index >= 15 is 0 Å². The van der Waals surface area contributed by atoms with Crippen molar-refractivity contribution in [1.82, 2.24) is 15.1 Å². The van der Waals surface area contributed by atoms with Crippen LogP contribution in [0.3, 0.4) is 0 Å². The van der Waals surface area contributed by atoms with Gasteiger partial charge in [-0.05, 0) is 34.9 Å². The second kappa shape index (κ2) is 5.85. The Bertz CT molecular complexity index is 1100. The lowest BCUT2D eigenvalue weighted by molar-refractivity contribution is 0.0736. The topological polar surface area (TPSA) is 49.0 Å². The molecule has 1 amide bonds. The number of H-pyrrole nitrogens is 1. The molecule has 0 bridgehead atoms. The highest BCUT2D eigenvalue weighted by molar-refractivity contribution is 6.00. The average Bonchev–Trinajstić information content (AvgIpc) is 3.26. The monoisotopic (exact) mass is 339 g/mol. The van der Waals surface area contributed by atoms with Crippen molar-refractivity contribution in [3.63, 3.8) is 0 Å². The van der Waals surface area contributed by atoms with Crippen LogP contribution in [0.5, 0.6) is 0 Å². The Morgan fingerprint density at radius 3 is 2.65 bits per heavy atom. The molecule has 4 nitrogen and oxygen atoms in total.